The quantitative estimate of drug-likeness (QED) is 0.760. The number of nitrogens with zero attached hydrogens (tertiary/aromatic N) is 4. The summed E-state index contributed by atoms with van der Waals surface area (Å²) in [5.41, 5.74) is 1.30. The minimum atomic E-state index is 0.405. The molecule has 0 aliphatic carbocycles. The maximum atomic E-state index is 8.94. The molecule has 1 saturated heterocycles. The minimum Gasteiger partial charge on any atom is -0.336 e. The van der Waals surface area contributed by atoms with Gasteiger partial charge in [0.1, 0.15) is 11.8 Å². The van der Waals surface area contributed by atoms with E-state index in [0.717, 1.165) is 18.0 Å². The molecule has 2 heterocycles. The standard InChI is InChI=1S/C12H16N4S/c1-8-6-11(7-13)15-12(14-8)16-4-5-17-10(3)9(16)2/h6,9-10H,4-5H2,1-3H3. The van der Waals surface area contributed by atoms with Crippen LogP contribution in [0.15, 0.2) is 6.07 Å². The van der Waals surface area contributed by atoms with Gasteiger partial charge in [-0.05, 0) is 19.9 Å². The lowest BCUT2D eigenvalue weighted by Gasteiger charge is -2.37. The average Bonchev–Trinajstić information content (AvgIpc) is 2.31. The van der Waals surface area contributed by atoms with E-state index >= 15 is 0 Å². The Kier molecular flexibility index (Phi) is 3.53. The Labute approximate surface area is 106 Å². The highest BCUT2D eigenvalue weighted by Crippen LogP contribution is 2.27. The molecule has 17 heavy (non-hydrogen) atoms. The minimum absolute atomic E-state index is 0.405. The zero-order chi connectivity index (χ0) is 12.4. The molecule has 1 aromatic rings. The van der Waals surface area contributed by atoms with Crippen LogP contribution in [-0.2, 0) is 0 Å². The smallest absolute Gasteiger partial charge is 0.227 e. The lowest BCUT2D eigenvalue weighted by molar-refractivity contribution is 0.611. The summed E-state index contributed by atoms with van der Waals surface area (Å²) in [7, 11) is 0. The molecule has 2 atom stereocenters. The Balaban J connectivity index is 2.33. The monoisotopic (exact) mass is 248 g/mol. The van der Waals surface area contributed by atoms with Gasteiger partial charge in [0.05, 0.1) is 0 Å². The second-order valence-corrected chi connectivity index (χ2v) is 5.80. The van der Waals surface area contributed by atoms with Gasteiger partial charge in [0, 0.05) is 29.3 Å². The topological polar surface area (TPSA) is 52.8 Å². The van der Waals surface area contributed by atoms with Crippen LogP contribution in [-0.4, -0.2) is 33.6 Å². The normalized spacial score (nSPS) is 24.5. The number of aromatic nitrogens is 2. The maximum Gasteiger partial charge on any atom is 0.227 e. The summed E-state index contributed by atoms with van der Waals surface area (Å²) in [4.78, 5) is 11.0. The molecule has 1 fully saturated rings. The van der Waals surface area contributed by atoms with Gasteiger partial charge >= 0.3 is 0 Å². The maximum absolute atomic E-state index is 8.94. The molecule has 1 aromatic heterocycles. The first-order valence-electron chi connectivity index (χ1n) is 5.76. The number of anilines is 1. The highest BCUT2D eigenvalue weighted by atomic mass is 32.2. The molecule has 1 aliphatic rings. The predicted octanol–water partition coefficient (Wildman–Crippen LogP) is 1.99. The van der Waals surface area contributed by atoms with Gasteiger partial charge in [0.2, 0.25) is 5.95 Å². The molecule has 90 valence electrons. The highest BCUT2D eigenvalue weighted by molar-refractivity contribution is 8.00. The zero-order valence-electron chi connectivity index (χ0n) is 10.3. The van der Waals surface area contributed by atoms with E-state index in [1.54, 1.807) is 6.07 Å². The van der Waals surface area contributed by atoms with Crippen molar-refractivity contribution in [3.05, 3.63) is 17.5 Å². The van der Waals surface area contributed by atoms with Crippen LogP contribution in [0.25, 0.3) is 0 Å². The first kappa shape index (κ1) is 12.2. The molecule has 2 rings (SSSR count). The molecule has 4 nitrogen and oxygen atoms in total. The van der Waals surface area contributed by atoms with Crippen LogP contribution >= 0.6 is 11.8 Å². The van der Waals surface area contributed by atoms with Gasteiger partial charge in [0.15, 0.2) is 0 Å². The lowest BCUT2D eigenvalue weighted by Crippen LogP contribution is -2.45. The Bertz CT molecular complexity index is 454. The van der Waals surface area contributed by atoms with Crippen LogP contribution in [0.5, 0.6) is 0 Å². The summed E-state index contributed by atoms with van der Waals surface area (Å²) in [6.07, 6.45) is 0. The van der Waals surface area contributed by atoms with E-state index in [1.807, 2.05) is 18.7 Å². The zero-order valence-corrected chi connectivity index (χ0v) is 11.2. The first-order valence-corrected chi connectivity index (χ1v) is 6.80. The van der Waals surface area contributed by atoms with E-state index < -0.39 is 0 Å². The summed E-state index contributed by atoms with van der Waals surface area (Å²) >= 11 is 1.98. The van der Waals surface area contributed by atoms with Gasteiger partial charge in [-0.3, -0.25) is 0 Å². The number of nitriles is 1. The van der Waals surface area contributed by atoms with Crippen LogP contribution in [0, 0.1) is 18.3 Å². The molecule has 0 saturated carbocycles. The highest BCUT2D eigenvalue weighted by Gasteiger charge is 2.27. The fraction of sp³-hybridized carbons (Fsp3) is 0.583. The van der Waals surface area contributed by atoms with Crippen molar-refractivity contribution < 1.29 is 0 Å². The van der Waals surface area contributed by atoms with Gasteiger partial charge in [-0.25, -0.2) is 9.97 Å². The number of aryl methyl sites for hydroxylation is 1. The first-order chi connectivity index (χ1) is 8.11. The van der Waals surface area contributed by atoms with Gasteiger partial charge in [-0.15, -0.1) is 0 Å². The fourth-order valence-corrected chi connectivity index (χ4v) is 3.05. The Morgan fingerprint density at radius 3 is 2.94 bits per heavy atom. The van der Waals surface area contributed by atoms with E-state index in [2.05, 4.69) is 34.8 Å². The molecular weight excluding hydrogens is 232 g/mol. The van der Waals surface area contributed by atoms with E-state index in [9.17, 15) is 0 Å². The van der Waals surface area contributed by atoms with Crippen LogP contribution < -0.4 is 4.90 Å². The summed E-state index contributed by atoms with van der Waals surface area (Å²) in [5, 5.41) is 9.51. The summed E-state index contributed by atoms with van der Waals surface area (Å²) < 4.78 is 0. The van der Waals surface area contributed by atoms with Gasteiger partial charge in [-0.1, -0.05) is 6.92 Å². The van der Waals surface area contributed by atoms with Crippen molar-refractivity contribution in [2.45, 2.75) is 32.1 Å². The molecule has 5 heteroatoms. The second-order valence-electron chi connectivity index (χ2n) is 4.32. The molecule has 0 spiro atoms. The van der Waals surface area contributed by atoms with Crippen molar-refractivity contribution in [1.82, 2.24) is 9.97 Å². The van der Waals surface area contributed by atoms with Gasteiger partial charge in [-0.2, -0.15) is 17.0 Å². The second kappa shape index (κ2) is 4.92. The number of hydrogen-bond acceptors (Lipinski definition) is 5. The van der Waals surface area contributed by atoms with Gasteiger partial charge < -0.3 is 4.90 Å². The van der Waals surface area contributed by atoms with E-state index in [-0.39, 0.29) is 0 Å². The molecule has 0 amide bonds. The molecular formula is C12H16N4S. The third-order valence-corrected chi connectivity index (χ3v) is 4.44. The van der Waals surface area contributed by atoms with Crippen molar-refractivity contribution in [1.29, 1.82) is 5.26 Å². The summed E-state index contributed by atoms with van der Waals surface area (Å²) in [5.74, 6) is 1.78. The summed E-state index contributed by atoms with van der Waals surface area (Å²) in [6.45, 7) is 7.26. The average molecular weight is 248 g/mol. The van der Waals surface area contributed by atoms with Crippen molar-refractivity contribution >= 4 is 17.7 Å². The molecule has 0 radical (unpaired) electrons. The number of hydrogen-bond donors (Lipinski definition) is 0. The molecule has 0 aromatic carbocycles. The molecule has 2 unspecified atom stereocenters. The SMILES string of the molecule is Cc1cc(C#N)nc(N2CCSC(C)C2C)n1. The number of thioether (sulfide) groups is 1. The predicted molar refractivity (Wildman–Crippen MR) is 70.2 cm³/mol. The van der Waals surface area contributed by atoms with E-state index in [1.165, 1.54) is 0 Å². The Hall–Kier alpha value is -1.28. The lowest BCUT2D eigenvalue weighted by atomic mass is 10.2. The van der Waals surface area contributed by atoms with E-state index in [4.69, 9.17) is 5.26 Å². The van der Waals surface area contributed by atoms with Crippen LogP contribution in [0.3, 0.4) is 0 Å². The summed E-state index contributed by atoms with van der Waals surface area (Å²) in [6, 6.07) is 4.21. The number of rotatable bonds is 1. The molecule has 1 aliphatic heterocycles. The van der Waals surface area contributed by atoms with Crippen molar-refractivity contribution in [3.63, 3.8) is 0 Å². The van der Waals surface area contributed by atoms with Gasteiger partial charge in [0.25, 0.3) is 0 Å². The molecule has 0 N–H and O–H groups in total. The third-order valence-electron chi connectivity index (χ3n) is 3.10. The van der Waals surface area contributed by atoms with Crippen LogP contribution in [0.2, 0.25) is 0 Å². The molecule has 0 bridgehead atoms. The van der Waals surface area contributed by atoms with Crippen molar-refractivity contribution in [2.75, 3.05) is 17.2 Å². The van der Waals surface area contributed by atoms with Crippen LogP contribution in [0.4, 0.5) is 5.95 Å². The largest absolute Gasteiger partial charge is 0.336 e. The van der Waals surface area contributed by atoms with E-state index in [0.29, 0.717) is 22.9 Å². The van der Waals surface area contributed by atoms with Crippen molar-refractivity contribution in [2.24, 2.45) is 0 Å². The Morgan fingerprint density at radius 1 is 1.47 bits per heavy atom. The van der Waals surface area contributed by atoms with Crippen molar-refractivity contribution in [3.8, 4) is 6.07 Å². The van der Waals surface area contributed by atoms with Crippen LogP contribution in [0.1, 0.15) is 25.2 Å². The Morgan fingerprint density at radius 2 is 2.24 bits per heavy atom. The fourth-order valence-electron chi connectivity index (χ4n) is 1.95. The third kappa shape index (κ3) is 2.52.